The van der Waals surface area contributed by atoms with Crippen molar-refractivity contribution in [3.63, 3.8) is 0 Å². The van der Waals surface area contributed by atoms with E-state index in [0.29, 0.717) is 18.1 Å². The van der Waals surface area contributed by atoms with E-state index in [9.17, 15) is 13.2 Å². The number of nitrogens with one attached hydrogen (secondary N) is 1. The standard InChI is InChI=1S/C15H15F3N4O2.HI/c1-23-13-7-2-10(8-20-13)9-21-14(19)22-11-3-5-12(6-4-11)24-15(16,17)18;/h2-8H,9H2,1H3,(H3,19,21,22);1H. The van der Waals surface area contributed by atoms with Crippen LogP contribution in [0.5, 0.6) is 11.6 Å². The molecule has 0 bridgehead atoms. The van der Waals surface area contributed by atoms with Crippen molar-refractivity contribution in [2.24, 2.45) is 10.7 Å². The van der Waals surface area contributed by atoms with Crippen LogP contribution < -0.4 is 20.5 Å². The summed E-state index contributed by atoms with van der Waals surface area (Å²) in [5.41, 5.74) is 7.05. The van der Waals surface area contributed by atoms with Gasteiger partial charge >= 0.3 is 6.36 Å². The molecule has 2 rings (SSSR count). The van der Waals surface area contributed by atoms with Crippen LogP contribution in [0.15, 0.2) is 47.6 Å². The number of hydrogen-bond acceptors (Lipinski definition) is 4. The number of hydrogen-bond donors (Lipinski definition) is 2. The zero-order valence-electron chi connectivity index (χ0n) is 13.1. The molecule has 10 heteroatoms. The number of alkyl halides is 3. The van der Waals surface area contributed by atoms with Crippen molar-refractivity contribution in [2.75, 3.05) is 12.4 Å². The molecule has 1 aromatic carbocycles. The highest BCUT2D eigenvalue weighted by Crippen LogP contribution is 2.23. The topological polar surface area (TPSA) is 81.8 Å². The first kappa shape index (κ1) is 20.8. The molecule has 0 radical (unpaired) electrons. The molecule has 3 N–H and O–H groups in total. The predicted octanol–water partition coefficient (Wildman–Crippen LogP) is 3.53. The van der Waals surface area contributed by atoms with Gasteiger partial charge in [0.2, 0.25) is 5.88 Å². The van der Waals surface area contributed by atoms with E-state index < -0.39 is 6.36 Å². The number of rotatable bonds is 5. The molecule has 0 aliphatic carbocycles. The Hall–Kier alpha value is -2.24. The predicted molar refractivity (Wildman–Crippen MR) is 98.3 cm³/mol. The maximum atomic E-state index is 12.1. The zero-order chi connectivity index (χ0) is 17.6. The first-order chi connectivity index (χ1) is 11.4. The Morgan fingerprint density at radius 3 is 2.40 bits per heavy atom. The van der Waals surface area contributed by atoms with Gasteiger partial charge in [-0.1, -0.05) is 6.07 Å². The van der Waals surface area contributed by atoms with E-state index in [0.717, 1.165) is 5.56 Å². The second kappa shape index (κ2) is 9.30. The lowest BCUT2D eigenvalue weighted by atomic mass is 10.3. The van der Waals surface area contributed by atoms with Gasteiger partial charge in [0, 0.05) is 18.0 Å². The highest BCUT2D eigenvalue weighted by molar-refractivity contribution is 14.0. The van der Waals surface area contributed by atoms with Crippen molar-refractivity contribution in [3.8, 4) is 11.6 Å². The van der Waals surface area contributed by atoms with Gasteiger partial charge in [-0.15, -0.1) is 37.1 Å². The molecule has 0 saturated heterocycles. The van der Waals surface area contributed by atoms with Crippen LogP contribution in [0.25, 0.3) is 0 Å². The molecule has 2 aromatic rings. The van der Waals surface area contributed by atoms with Gasteiger partial charge < -0.3 is 20.5 Å². The zero-order valence-corrected chi connectivity index (χ0v) is 15.4. The minimum Gasteiger partial charge on any atom is -0.481 e. The van der Waals surface area contributed by atoms with Crippen molar-refractivity contribution in [3.05, 3.63) is 48.2 Å². The molecule has 0 amide bonds. The summed E-state index contributed by atoms with van der Waals surface area (Å²) in [5.74, 6) is 0.304. The Kier molecular flexibility index (Phi) is 7.74. The summed E-state index contributed by atoms with van der Waals surface area (Å²) in [7, 11) is 1.52. The summed E-state index contributed by atoms with van der Waals surface area (Å²) in [6.45, 7) is 0.297. The third kappa shape index (κ3) is 7.45. The van der Waals surface area contributed by atoms with Crippen molar-refractivity contribution in [1.29, 1.82) is 0 Å². The van der Waals surface area contributed by atoms with Crippen LogP contribution in [0, 0.1) is 0 Å². The quantitative estimate of drug-likeness (QED) is 0.399. The number of methoxy groups -OCH3 is 1. The lowest BCUT2D eigenvalue weighted by Gasteiger charge is -2.10. The molecular formula is C15H16F3IN4O2. The maximum Gasteiger partial charge on any atom is 0.573 e. The van der Waals surface area contributed by atoms with Crippen molar-refractivity contribution in [2.45, 2.75) is 12.9 Å². The molecule has 1 heterocycles. The van der Waals surface area contributed by atoms with Crippen LogP contribution in [0.2, 0.25) is 0 Å². The maximum absolute atomic E-state index is 12.1. The number of halogens is 4. The monoisotopic (exact) mass is 468 g/mol. The number of nitrogens with zero attached hydrogens (tertiary/aromatic N) is 2. The van der Waals surface area contributed by atoms with E-state index in [2.05, 4.69) is 20.0 Å². The number of nitrogens with two attached hydrogens (primary N) is 1. The lowest BCUT2D eigenvalue weighted by molar-refractivity contribution is -0.274. The van der Waals surface area contributed by atoms with Crippen LogP contribution in [-0.4, -0.2) is 24.4 Å². The Morgan fingerprint density at radius 1 is 1.20 bits per heavy atom. The highest BCUT2D eigenvalue weighted by atomic mass is 127. The number of guanidine groups is 1. The summed E-state index contributed by atoms with van der Waals surface area (Å²) < 4.78 is 44.9. The van der Waals surface area contributed by atoms with E-state index in [-0.39, 0.29) is 35.7 Å². The second-order valence-electron chi connectivity index (χ2n) is 4.61. The second-order valence-corrected chi connectivity index (χ2v) is 4.61. The first-order valence-corrected chi connectivity index (χ1v) is 6.77. The summed E-state index contributed by atoms with van der Waals surface area (Å²) in [4.78, 5) is 8.16. The van der Waals surface area contributed by atoms with Gasteiger partial charge in [-0.3, -0.25) is 0 Å². The van der Waals surface area contributed by atoms with Gasteiger partial charge in [-0.2, -0.15) is 0 Å². The molecule has 0 aliphatic rings. The van der Waals surface area contributed by atoms with Crippen molar-refractivity contribution < 1.29 is 22.6 Å². The van der Waals surface area contributed by atoms with E-state index in [1.54, 1.807) is 18.3 Å². The molecule has 0 saturated carbocycles. The molecule has 0 aliphatic heterocycles. The smallest absolute Gasteiger partial charge is 0.481 e. The normalized spacial score (nSPS) is 11.4. The lowest BCUT2D eigenvalue weighted by Crippen LogP contribution is -2.22. The van der Waals surface area contributed by atoms with E-state index in [1.807, 2.05) is 0 Å². The van der Waals surface area contributed by atoms with E-state index in [1.165, 1.54) is 31.4 Å². The molecule has 0 fully saturated rings. The van der Waals surface area contributed by atoms with Crippen LogP contribution >= 0.6 is 24.0 Å². The summed E-state index contributed by atoms with van der Waals surface area (Å²) in [5, 5.41) is 2.77. The highest BCUT2D eigenvalue weighted by Gasteiger charge is 2.30. The number of aromatic nitrogens is 1. The molecule has 0 spiro atoms. The summed E-state index contributed by atoms with van der Waals surface area (Å²) in [6, 6.07) is 8.66. The van der Waals surface area contributed by atoms with E-state index >= 15 is 0 Å². The van der Waals surface area contributed by atoms with Gasteiger partial charge in [-0.05, 0) is 29.8 Å². The number of aliphatic imine (C=N–C) groups is 1. The minimum atomic E-state index is -4.72. The molecule has 1 aromatic heterocycles. The van der Waals surface area contributed by atoms with Crippen molar-refractivity contribution in [1.82, 2.24) is 4.98 Å². The molecular weight excluding hydrogens is 452 g/mol. The van der Waals surface area contributed by atoms with Gasteiger partial charge in [0.25, 0.3) is 0 Å². The fraction of sp³-hybridized carbons (Fsp3) is 0.200. The number of pyridine rings is 1. The van der Waals surface area contributed by atoms with Gasteiger partial charge in [0.1, 0.15) is 5.75 Å². The molecule has 0 atom stereocenters. The largest absolute Gasteiger partial charge is 0.573 e. The summed E-state index contributed by atoms with van der Waals surface area (Å²) in [6.07, 6.45) is -3.11. The third-order valence-electron chi connectivity index (χ3n) is 2.80. The van der Waals surface area contributed by atoms with Crippen LogP contribution in [0.1, 0.15) is 5.56 Å². The average molecular weight is 468 g/mol. The fourth-order valence-corrected chi connectivity index (χ4v) is 1.73. The molecule has 136 valence electrons. The molecule has 6 nitrogen and oxygen atoms in total. The number of ether oxygens (including phenoxy) is 2. The SMILES string of the molecule is COc1ccc(CN=C(N)Nc2ccc(OC(F)(F)F)cc2)cn1.I. The average Bonchev–Trinajstić information content (AvgIpc) is 2.54. The van der Waals surface area contributed by atoms with Crippen LogP contribution in [0.4, 0.5) is 18.9 Å². The minimum absolute atomic E-state index is 0. The first-order valence-electron chi connectivity index (χ1n) is 6.77. The Bertz CT molecular complexity index is 691. The Labute approximate surface area is 159 Å². The van der Waals surface area contributed by atoms with Gasteiger partial charge in [0.15, 0.2) is 5.96 Å². The summed E-state index contributed by atoms with van der Waals surface area (Å²) >= 11 is 0. The van der Waals surface area contributed by atoms with Gasteiger partial charge in [0.05, 0.1) is 13.7 Å². The van der Waals surface area contributed by atoms with Crippen LogP contribution in [0.3, 0.4) is 0 Å². The Morgan fingerprint density at radius 2 is 1.88 bits per heavy atom. The van der Waals surface area contributed by atoms with Crippen molar-refractivity contribution >= 4 is 35.6 Å². The third-order valence-corrected chi connectivity index (χ3v) is 2.80. The Balaban J connectivity index is 0.00000312. The van der Waals surface area contributed by atoms with E-state index in [4.69, 9.17) is 10.5 Å². The van der Waals surface area contributed by atoms with Crippen LogP contribution in [-0.2, 0) is 6.54 Å². The molecule has 0 unspecified atom stereocenters. The number of benzene rings is 1. The number of anilines is 1. The molecule has 25 heavy (non-hydrogen) atoms. The van der Waals surface area contributed by atoms with Gasteiger partial charge in [-0.25, -0.2) is 9.98 Å². The fourth-order valence-electron chi connectivity index (χ4n) is 1.73.